The largest absolute Gasteiger partial charge is 0.508 e. The summed E-state index contributed by atoms with van der Waals surface area (Å²) in [5.74, 6) is 0.681. The van der Waals surface area contributed by atoms with Crippen molar-refractivity contribution in [2.75, 3.05) is 0 Å². The van der Waals surface area contributed by atoms with E-state index in [9.17, 15) is 9.90 Å². The highest BCUT2D eigenvalue weighted by Gasteiger charge is 2.06. The van der Waals surface area contributed by atoms with Crippen molar-refractivity contribution < 1.29 is 5.11 Å². The number of aromatic nitrogens is 2. The molecule has 0 aliphatic heterocycles. The van der Waals surface area contributed by atoms with Gasteiger partial charge < -0.3 is 10.1 Å². The second kappa shape index (κ2) is 4.65. The number of nitrogens with one attached hydrogen (secondary N) is 1. The fourth-order valence-electron chi connectivity index (χ4n) is 1.87. The molecule has 4 nitrogen and oxygen atoms in total. The SMILES string of the molecule is O=c1[nH]c(-c2ccc(O)cc2)nc2ccc(I)cc12. The molecule has 0 saturated carbocycles. The third-order valence-corrected chi connectivity index (χ3v) is 3.48. The van der Waals surface area contributed by atoms with Crippen LogP contribution in [0.5, 0.6) is 5.75 Å². The zero-order chi connectivity index (χ0) is 13.4. The number of phenolic OH excluding ortho intramolecular Hbond substituents is 1. The van der Waals surface area contributed by atoms with Crippen molar-refractivity contribution in [1.82, 2.24) is 9.97 Å². The predicted octanol–water partition coefficient (Wildman–Crippen LogP) is 2.90. The lowest BCUT2D eigenvalue weighted by Crippen LogP contribution is -2.09. The number of benzene rings is 2. The summed E-state index contributed by atoms with van der Waals surface area (Å²) in [6, 6.07) is 12.1. The molecule has 0 aliphatic rings. The van der Waals surface area contributed by atoms with Gasteiger partial charge in [-0.3, -0.25) is 4.79 Å². The zero-order valence-electron chi connectivity index (χ0n) is 9.72. The first-order valence-corrected chi connectivity index (χ1v) is 6.70. The summed E-state index contributed by atoms with van der Waals surface area (Å²) in [6.07, 6.45) is 0. The number of phenols is 1. The highest BCUT2D eigenvalue weighted by molar-refractivity contribution is 14.1. The van der Waals surface area contributed by atoms with Gasteiger partial charge in [-0.25, -0.2) is 4.98 Å². The highest BCUT2D eigenvalue weighted by atomic mass is 127. The molecule has 0 saturated heterocycles. The van der Waals surface area contributed by atoms with Crippen LogP contribution >= 0.6 is 22.6 Å². The second-order valence-electron chi connectivity index (χ2n) is 4.12. The average molecular weight is 364 g/mol. The Hall–Kier alpha value is -1.89. The summed E-state index contributed by atoms with van der Waals surface area (Å²) in [7, 11) is 0. The van der Waals surface area contributed by atoms with Gasteiger partial charge in [0.2, 0.25) is 0 Å². The first-order valence-electron chi connectivity index (χ1n) is 5.62. The smallest absolute Gasteiger partial charge is 0.259 e. The quantitative estimate of drug-likeness (QED) is 0.653. The molecular formula is C14H9IN2O2. The maximum atomic E-state index is 12.0. The number of hydrogen-bond donors (Lipinski definition) is 2. The van der Waals surface area contributed by atoms with Crippen molar-refractivity contribution in [3.63, 3.8) is 0 Å². The zero-order valence-corrected chi connectivity index (χ0v) is 11.9. The molecule has 1 aromatic heterocycles. The van der Waals surface area contributed by atoms with Crippen LogP contribution in [0.2, 0.25) is 0 Å². The molecule has 2 aromatic carbocycles. The molecule has 0 radical (unpaired) electrons. The van der Waals surface area contributed by atoms with Crippen LogP contribution in [0.25, 0.3) is 22.3 Å². The van der Waals surface area contributed by atoms with Gasteiger partial charge in [0.25, 0.3) is 5.56 Å². The van der Waals surface area contributed by atoms with Crippen LogP contribution in [0.3, 0.4) is 0 Å². The molecule has 94 valence electrons. The van der Waals surface area contributed by atoms with Crippen LogP contribution in [0.15, 0.2) is 47.3 Å². The van der Waals surface area contributed by atoms with E-state index in [2.05, 4.69) is 32.6 Å². The van der Waals surface area contributed by atoms with Gasteiger partial charge in [0.1, 0.15) is 11.6 Å². The summed E-state index contributed by atoms with van der Waals surface area (Å²) < 4.78 is 0.995. The molecular weight excluding hydrogens is 355 g/mol. The maximum absolute atomic E-state index is 12.0. The van der Waals surface area contributed by atoms with E-state index < -0.39 is 0 Å². The van der Waals surface area contributed by atoms with Crippen molar-refractivity contribution in [2.24, 2.45) is 0 Å². The van der Waals surface area contributed by atoms with Crippen LogP contribution in [0.1, 0.15) is 0 Å². The first kappa shape index (κ1) is 12.2. The van der Waals surface area contributed by atoms with E-state index in [1.165, 1.54) is 0 Å². The average Bonchev–Trinajstić information content (AvgIpc) is 2.40. The van der Waals surface area contributed by atoms with Gasteiger partial charge in [-0.05, 0) is 65.1 Å². The normalized spacial score (nSPS) is 10.8. The van der Waals surface area contributed by atoms with Gasteiger partial charge in [0.15, 0.2) is 0 Å². The van der Waals surface area contributed by atoms with Crippen LogP contribution < -0.4 is 5.56 Å². The minimum absolute atomic E-state index is 0.161. The summed E-state index contributed by atoms with van der Waals surface area (Å²) in [6.45, 7) is 0. The molecule has 0 amide bonds. The number of aromatic amines is 1. The van der Waals surface area contributed by atoms with Crippen molar-refractivity contribution in [1.29, 1.82) is 0 Å². The Morgan fingerprint density at radius 3 is 2.58 bits per heavy atom. The number of nitrogens with zero attached hydrogens (tertiary/aromatic N) is 1. The van der Waals surface area contributed by atoms with E-state index in [0.29, 0.717) is 16.7 Å². The highest BCUT2D eigenvalue weighted by Crippen LogP contribution is 2.19. The van der Waals surface area contributed by atoms with Crippen molar-refractivity contribution in [3.8, 4) is 17.1 Å². The van der Waals surface area contributed by atoms with E-state index in [-0.39, 0.29) is 11.3 Å². The minimum atomic E-state index is -0.161. The second-order valence-corrected chi connectivity index (χ2v) is 5.37. The van der Waals surface area contributed by atoms with E-state index in [0.717, 1.165) is 9.13 Å². The number of halogens is 1. The van der Waals surface area contributed by atoms with Crippen LogP contribution in [0.4, 0.5) is 0 Å². The van der Waals surface area contributed by atoms with Crippen molar-refractivity contribution >= 4 is 33.5 Å². The molecule has 0 bridgehead atoms. The number of fused-ring (bicyclic) bond motifs is 1. The lowest BCUT2D eigenvalue weighted by molar-refractivity contribution is 0.475. The van der Waals surface area contributed by atoms with Crippen molar-refractivity contribution in [2.45, 2.75) is 0 Å². The molecule has 0 spiro atoms. The third-order valence-electron chi connectivity index (χ3n) is 2.81. The van der Waals surface area contributed by atoms with Gasteiger partial charge in [-0.1, -0.05) is 0 Å². The van der Waals surface area contributed by atoms with Gasteiger partial charge in [-0.2, -0.15) is 0 Å². The molecule has 0 atom stereocenters. The van der Waals surface area contributed by atoms with E-state index in [4.69, 9.17) is 0 Å². The fraction of sp³-hybridized carbons (Fsp3) is 0. The first-order chi connectivity index (χ1) is 9.13. The number of aromatic hydroxyl groups is 1. The van der Waals surface area contributed by atoms with Gasteiger partial charge in [0, 0.05) is 9.13 Å². The molecule has 3 aromatic rings. The molecule has 5 heteroatoms. The maximum Gasteiger partial charge on any atom is 0.259 e. The topological polar surface area (TPSA) is 66.0 Å². The number of rotatable bonds is 1. The molecule has 1 heterocycles. The van der Waals surface area contributed by atoms with E-state index in [1.807, 2.05) is 18.2 Å². The summed E-state index contributed by atoms with van der Waals surface area (Å²) in [5, 5.41) is 9.85. The minimum Gasteiger partial charge on any atom is -0.508 e. The Kier molecular flexibility index (Phi) is 2.98. The molecule has 19 heavy (non-hydrogen) atoms. The summed E-state index contributed by atoms with van der Waals surface area (Å²) >= 11 is 2.16. The predicted molar refractivity (Wildman–Crippen MR) is 82.2 cm³/mol. The number of hydrogen-bond acceptors (Lipinski definition) is 3. The standard InChI is InChI=1S/C14H9IN2O2/c15-9-3-6-12-11(7-9)14(19)17-13(16-12)8-1-4-10(18)5-2-8/h1-7,18H,(H,16,17,19). The third kappa shape index (κ3) is 2.33. The Morgan fingerprint density at radius 2 is 1.84 bits per heavy atom. The van der Waals surface area contributed by atoms with Crippen LogP contribution in [-0.4, -0.2) is 15.1 Å². The fourth-order valence-corrected chi connectivity index (χ4v) is 2.36. The Labute approximate surface area is 122 Å². The number of H-pyrrole nitrogens is 1. The molecule has 2 N–H and O–H groups in total. The summed E-state index contributed by atoms with van der Waals surface area (Å²) in [5.41, 5.74) is 1.26. The molecule has 3 rings (SSSR count). The molecule has 0 aliphatic carbocycles. The Morgan fingerprint density at radius 1 is 1.11 bits per heavy atom. The van der Waals surface area contributed by atoms with Crippen LogP contribution in [0, 0.1) is 3.57 Å². The summed E-state index contributed by atoms with van der Waals surface area (Å²) in [4.78, 5) is 19.2. The van der Waals surface area contributed by atoms with Crippen LogP contribution in [-0.2, 0) is 0 Å². The van der Waals surface area contributed by atoms with Gasteiger partial charge in [0.05, 0.1) is 10.9 Å². The van der Waals surface area contributed by atoms with Gasteiger partial charge in [-0.15, -0.1) is 0 Å². The monoisotopic (exact) mass is 364 g/mol. The lowest BCUT2D eigenvalue weighted by atomic mass is 10.2. The van der Waals surface area contributed by atoms with Gasteiger partial charge >= 0.3 is 0 Å². The van der Waals surface area contributed by atoms with Crippen molar-refractivity contribution in [3.05, 3.63) is 56.4 Å². The molecule has 0 fully saturated rings. The molecule has 0 unspecified atom stereocenters. The Bertz CT molecular complexity index is 810. The van der Waals surface area contributed by atoms with E-state index in [1.54, 1.807) is 24.3 Å². The van der Waals surface area contributed by atoms with E-state index >= 15 is 0 Å². The Balaban J connectivity index is 2.24. The lowest BCUT2D eigenvalue weighted by Gasteiger charge is -2.03.